The molecule has 47 heavy (non-hydrogen) atoms. The van der Waals surface area contributed by atoms with Crippen LogP contribution in [0.3, 0.4) is 0 Å². The first-order valence-electron chi connectivity index (χ1n) is 17.6. The third-order valence-corrected chi connectivity index (χ3v) is 11.5. The summed E-state index contributed by atoms with van der Waals surface area (Å²) in [6, 6.07) is 21.3. The number of anilines is 3. The number of nitrogens with one attached hydrogen (secondary N) is 1. The van der Waals surface area contributed by atoms with Gasteiger partial charge in [-0.05, 0) is 93.4 Å². The van der Waals surface area contributed by atoms with E-state index in [1.165, 1.54) is 18.4 Å². The largest absolute Gasteiger partial charge is 0.399 e. The van der Waals surface area contributed by atoms with Crippen molar-refractivity contribution in [3.05, 3.63) is 83.4 Å². The van der Waals surface area contributed by atoms with Gasteiger partial charge in [0.15, 0.2) is 9.84 Å². The maximum Gasteiger partial charge on any atom is 0.253 e. The predicted octanol–water partition coefficient (Wildman–Crippen LogP) is 6.47. The summed E-state index contributed by atoms with van der Waals surface area (Å²) in [5.41, 5.74) is 10.5. The van der Waals surface area contributed by atoms with Gasteiger partial charge in [0.05, 0.1) is 27.6 Å². The number of amides is 1. The van der Waals surface area contributed by atoms with E-state index >= 15 is 0 Å². The van der Waals surface area contributed by atoms with Crippen LogP contribution in [0.5, 0.6) is 0 Å². The van der Waals surface area contributed by atoms with Gasteiger partial charge in [0.25, 0.3) is 5.91 Å². The molecule has 2 heterocycles. The van der Waals surface area contributed by atoms with Crippen molar-refractivity contribution in [1.82, 2.24) is 10.2 Å². The molecule has 0 radical (unpaired) electrons. The SMILES string of the molecule is CCCCCNC(=O)c1cc(S(=O)(=O)Cc2cccc(N)c2)c(N2CCC(c3ccccc3)CC2)cc1N(CC)CCN1CCCC1. The topological polar surface area (TPSA) is 99.0 Å². The van der Waals surface area contributed by atoms with Crippen LogP contribution in [-0.4, -0.2) is 71.6 Å². The summed E-state index contributed by atoms with van der Waals surface area (Å²) < 4.78 is 28.7. The van der Waals surface area contributed by atoms with E-state index < -0.39 is 9.84 Å². The van der Waals surface area contributed by atoms with Gasteiger partial charge < -0.3 is 25.8 Å². The highest BCUT2D eigenvalue weighted by Gasteiger charge is 2.31. The van der Waals surface area contributed by atoms with E-state index in [4.69, 9.17) is 5.73 Å². The predicted molar refractivity (Wildman–Crippen MR) is 194 cm³/mol. The number of piperidine rings is 1. The number of nitrogens with two attached hydrogens (primary N) is 1. The number of benzene rings is 3. The summed E-state index contributed by atoms with van der Waals surface area (Å²) in [7, 11) is -3.84. The number of carbonyl (C=O) groups is 1. The van der Waals surface area contributed by atoms with Gasteiger partial charge in [-0.15, -0.1) is 0 Å². The minimum Gasteiger partial charge on any atom is -0.399 e. The summed E-state index contributed by atoms with van der Waals surface area (Å²) >= 11 is 0. The molecule has 0 aromatic heterocycles. The average Bonchev–Trinajstić information content (AvgIpc) is 3.61. The first-order valence-corrected chi connectivity index (χ1v) is 19.2. The van der Waals surface area contributed by atoms with Crippen molar-refractivity contribution < 1.29 is 13.2 Å². The maximum atomic E-state index is 14.4. The highest BCUT2D eigenvalue weighted by molar-refractivity contribution is 7.90. The maximum absolute atomic E-state index is 14.4. The molecule has 0 unspecified atom stereocenters. The van der Waals surface area contributed by atoms with E-state index in [0.29, 0.717) is 35.0 Å². The molecule has 0 aliphatic carbocycles. The molecule has 3 aromatic carbocycles. The van der Waals surface area contributed by atoms with Crippen LogP contribution in [0.25, 0.3) is 0 Å². The Morgan fingerprint density at radius 1 is 0.936 bits per heavy atom. The number of nitrogen functional groups attached to an aromatic ring is 1. The average molecular weight is 660 g/mol. The zero-order chi connectivity index (χ0) is 33.2. The van der Waals surface area contributed by atoms with Crippen molar-refractivity contribution in [1.29, 1.82) is 0 Å². The second-order valence-electron chi connectivity index (χ2n) is 13.1. The first kappa shape index (κ1) is 34.8. The number of carbonyl (C=O) groups excluding carboxylic acids is 1. The highest BCUT2D eigenvalue weighted by Crippen LogP contribution is 2.39. The Labute approximate surface area is 282 Å². The lowest BCUT2D eigenvalue weighted by molar-refractivity contribution is 0.0953. The lowest BCUT2D eigenvalue weighted by Crippen LogP contribution is -2.37. The molecular weight excluding hydrogens is 607 g/mol. The lowest BCUT2D eigenvalue weighted by Gasteiger charge is -2.36. The fourth-order valence-electron chi connectivity index (χ4n) is 7.05. The molecule has 0 saturated carbocycles. The zero-order valence-electron chi connectivity index (χ0n) is 28.3. The Balaban J connectivity index is 1.55. The monoisotopic (exact) mass is 659 g/mol. The summed E-state index contributed by atoms with van der Waals surface area (Å²) in [5, 5.41) is 3.11. The fraction of sp³-hybridized carbons (Fsp3) is 0.500. The molecule has 2 aliphatic rings. The second kappa shape index (κ2) is 16.5. The molecule has 8 nitrogen and oxygen atoms in total. The van der Waals surface area contributed by atoms with Gasteiger partial charge in [0, 0.05) is 45.0 Å². The van der Waals surface area contributed by atoms with Crippen LogP contribution in [0.1, 0.15) is 86.2 Å². The molecule has 254 valence electrons. The van der Waals surface area contributed by atoms with Crippen LogP contribution in [0.15, 0.2) is 71.6 Å². The number of likely N-dealkylation sites (tertiary alicyclic amines) is 1. The van der Waals surface area contributed by atoms with Crippen molar-refractivity contribution >= 4 is 32.8 Å². The van der Waals surface area contributed by atoms with Crippen molar-refractivity contribution in [2.45, 2.75) is 75.4 Å². The standard InChI is InChI=1S/C38H53N5O3S/c1-3-5-9-19-40-38(44)34-27-37(47(45,46)29-30-13-12-16-33(39)26-30)36(28-35(34)42(4-2)25-24-41-20-10-11-21-41)43-22-17-32(18-23-43)31-14-7-6-8-15-31/h6-8,12-16,26-28,32H,3-5,9-11,17-25,29,39H2,1-2H3,(H,40,44). The second-order valence-corrected chi connectivity index (χ2v) is 15.1. The van der Waals surface area contributed by atoms with Crippen LogP contribution in [0.4, 0.5) is 17.1 Å². The Kier molecular flexibility index (Phi) is 12.2. The number of sulfone groups is 1. The molecule has 0 atom stereocenters. The smallest absolute Gasteiger partial charge is 0.253 e. The van der Waals surface area contributed by atoms with E-state index in [-0.39, 0.29) is 16.6 Å². The molecule has 2 saturated heterocycles. The van der Waals surface area contributed by atoms with Crippen molar-refractivity contribution in [3.63, 3.8) is 0 Å². The highest BCUT2D eigenvalue weighted by atomic mass is 32.2. The Morgan fingerprint density at radius 2 is 1.68 bits per heavy atom. The summed E-state index contributed by atoms with van der Waals surface area (Å²) in [4.78, 5) is 21.1. The molecular formula is C38H53N5O3S. The van der Waals surface area contributed by atoms with Gasteiger partial charge >= 0.3 is 0 Å². The minimum absolute atomic E-state index is 0.186. The van der Waals surface area contributed by atoms with Gasteiger partial charge in [-0.25, -0.2) is 8.42 Å². The van der Waals surface area contributed by atoms with Crippen LogP contribution in [0, 0.1) is 0 Å². The van der Waals surface area contributed by atoms with Crippen molar-refractivity contribution in [3.8, 4) is 0 Å². The normalized spacial score (nSPS) is 16.0. The Morgan fingerprint density at radius 3 is 2.36 bits per heavy atom. The van der Waals surface area contributed by atoms with Crippen LogP contribution in [-0.2, 0) is 15.6 Å². The number of hydrogen-bond acceptors (Lipinski definition) is 7. The number of unbranched alkanes of at least 4 members (excludes halogenated alkanes) is 2. The van der Waals surface area contributed by atoms with E-state index in [9.17, 15) is 13.2 Å². The molecule has 2 fully saturated rings. The molecule has 2 aliphatic heterocycles. The van der Waals surface area contributed by atoms with Gasteiger partial charge in [-0.2, -0.15) is 0 Å². The molecule has 9 heteroatoms. The molecule has 5 rings (SSSR count). The molecule has 1 amide bonds. The number of rotatable bonds is 15. The number of nitrogens with zero attached hydrogens (tertiary/aromatic N) is 3. The third kappa shape index (κ3) is 9.08. The molecule has 3 aromatic rings. The molecule has 0 bridgehead atoms. The van der Waals surface area contributed by atoms with Gasteiger partial charge in [-0.3, -0.25) is 4.79 Å². The number of likely N-dealkylation sites (N-methyl/N-ethyl adjacent to an activating group) is 1. The third-order valence-electron chi connectivity index (χ3n) is 9.74. The summed E-state index contributed by atoms with van der Waals surface area (Å²) in [5.74, 6) is 0.0278. The van der Waals surface area contributed by atoms with Crippen molar-refractivity contribution in [2.75, 3.05) is 67.9 Å². The van der Waals surface area contributed by atoms with E-state index in [2.05, 4.69) is 58.1 Å². The van der Waals surface area contributed by atoms with E-state index in [1.54, 1.807) is 30.3 Å². The van der Waals surface area contributed by atoms with Gasteiger partial charge in [0.2, 0.25) is 0 Å². The number of hydrogen-bond donors (Lipinski definition) is 2. The fourth-order valence-corrected chi connectivity index (χ4v) is 8.62. The first-order chi connectivity index (χ1) is 22.8. The molecule has 3 N–H and O–H groups in total. The summed E-state index contributed by atoms with van der Waals surface area (Å²) in [6.45, 7) is 10.9. The van der Waals surface area contributed by atoms with Gasteiger partial charge in [-0.1, -0.05) is 62.2 Å². The van der Waals surface area contributed by atoms with E-state index in [1.807, 2.05) is 12.1 Å². The van der Waals surface area contributed by atoms with Gasteiger partial charge in [0.1, 0.15) is 0 Å². The minimum atomic E-state index is -3.84. The summed E-state index contributed by atoms with van der Waals surface area (Å²) in [6.07, 6.45) is 7.28. The Hall–Kier alpha value is -3.56. The van der Waals surface area contributed by atoms with E-state index in [0.717, 1.165) is 83.6 Å². The lowest BCUT2D eigenvalue weighted by atomic mass is 9.89. The zero-order valence-corrected chi connectivity index (χ0v) is 29.1. The van der Waals surface area contributed by atoms with Crippen LogP contribution in [0.2, 0.25) is 0 Å². The van der Waals surface area contributed by atoms with Crippen molar-refractivity contribution in [2.24, 2.45) is 0 Å². The Bertz CT molecular complexity index is 1570. The van der Waals surface area contributed by atoms with Crippen LogP contribution < -0.4 is 20.9 Å². The molecule has 0 spiro atoms. The quantitative estimate of drug-likeness (QED) is 0.143. The van der Waals surface area contributed by atoms with Crippen LogP contribution >= 0.6 is 0 Å².